The van der Waals surface area contributed by atoms with Gasteiger partial charge < -0.3 is 19.1 Å². The minimum atomic E-state index is -0.950. The third-order valence-corrected chi connectivity index (χ3v) is 5.48. The zero-order valence-corrected chi connectivity index (χ0v) is 17.3. The largest absolute Gasteiger partial charge is 0.512 e. The fraction of sp³-hybridized carbons (Fsp3) is 0.737. The number of hydrogen-bond acceptors (Lipinski definition) is 7. The predicted octanol–water partition coefficient (Wildman–Crippen LogP) is 4.47. The molecule has 7 nitrogen and oxygen atoms in total. The van der Waals surface area contributed by atoms with Gasteiger partial charge >= 0.3 is 6.16 Å². The molecule has 0 radical (unpaired) electrons. The molecule has 0 saturated carbocycles. The van der Waals surface area contributed by atoms with Crippen LogP contribution in [0.15, 0.2) is 22.7 Å². The molecule has 26 heavy (non-hydrogen) atoms. The topological polar surface area (TPSA) is 60.5 Å². The van der Waals surface area contributed by atoms with Crippen LogP contribution in [0.5, 0.6) is 0 Å². The fourth-order valence-corrected chi connectivity index (χ4v) is 3.77. The van der Waals surface area contributed by atoms with E-state index in [1.165, 1.54) is 0 Å². The molecule has 2 aliphatic heterocycles. The van der Waals surface area contributed by atoms with Crippen LogP contribution in [-0.2, 0) is 19.1 Å². The highest BCUT2D eigenvalue weighted by Gasteiger charge is 2.52. The second-order valence-electron chi connectivity index (χ2n) is 7.06. The van der Waals surface area contributed by atoms with Crippen molar-refractivity contribution in [1.82, 2.24) is 10.1 Å². The van der Waals surface area contributed by atoms with Crippen LogP contribution in [0, 0.1) is 0 Å². The number of rotatable bonds is 6. The highest BCUT2D eigenvalue weighted by molar-refractivity contribution is 5.62. The Morgan fingerprint density at radius 2 is 1.19 bits per heavy atom. The van der Waals surface area contributed by atoms with E-state index in [0.717, 1.165) is 35.5 Å². The molecule has 2 rings (SSSR count). The second kappa shape index (κ2) is 7.48. The molecule has 0 aromatic carbocycles. The first-order valence-corrected chi connectivity index (χ1v) is 9.26. The molecule has 2 aliphatic rings. The van der Waals surface area contributed by atoms with E-state index in [1.807, 2.05) is 41.5 Å². The van der Waals surface area contributed by atoms with Gasteiger partial charge in [-0.1, -0.05) is 36.8 Å². The van der Waals surface area contributed by atoms with Crippen LogP contribution in [0.25, 0.3) is 0 Å². The first-order valence-electron chi connectivity index (χ1n) is 9.26. The quantitative estimate of drug-likeness (QED) is 0.641. The van der Waals surface area contributed by atoms with E-state index in [4.69, 9.17) is 19.1 Å². The van der Waals surface area contributed by atoms with Crippen LogP contribution >= 0.6 is 0 Å². The molecular weight excluding hydrogens is 336 g/mol. The minimum Gasteiger partial charge on any atom is -0.407 e. The Bertz CT molecular complexity index is 577. The summed E-state index contributed by atoms with van der Waals surface area (Å²) in [6.45, 7) is 11.7. The monoisotopic (exact) mass is 368 g/mol. The molecule has 148 valence electrons. The Kier molecular flexibility index (Phi) is 5.92. The van der Waals surface area contributed by atoms with Crippen LogP contribution < -0.4 is 0 Å². The average Bonchev–Trinajstić information content (AvgIpc) is 2.89. The lowest BCUT2D eigenvalue weighted by Gasteiger charge is -2.38. The highest BCUT2D eigenvalue weighted by atomic mass is 16.8. The maximum absolute atomic E-state index is 12.9. The lowest BCUT2D eigenvalue weighted by molar-refractivity contribution is -0.250. The van der Waals surface area contributed by atoms with Crippen molar-refractivity contribution < 1.29 is 23.9 Å². The van der Waals surface area contributed by atoms with E-state index >= 15 is 0 Å². The van der Waals surface area contributed by atoms with E-state index in [-0.39, 0.29) is 0 Å². The summed E-state index contributed by atoms with van der Waals surface area (Å²) in [5.41, 5.74) is -0.146. The Hall–Kier alpha value is -1.73. The average molecular weight is 368 g/mol. The van der Waals surface area contributed by atoms with Gasteiger partial charge in [0.2, 0.25) is 11.4 Å². The van der Waals surface area contributed by atoms with Gasteiger partial charge in [-0.3, -0.25) is 0 Å². The highest BCUT2D eigenvalue weighted by Crippen LogP contribution is 2.42. The Labute approximate surface area is 156 Å². The molecule has 0 aromatic rings. The van der Waals surface area contributed by atoms with Crippen LogP contribution in [0.2, 0.25) is 0 Å². The number of ether oxygens (including phenoxy) is 2. The summed E-state index contributed by atoms with van der Waals surface area (Å²) in [7, 11) is 3.54. The van der Waals surface area contributed by atoms with Crippen LogP contribution in [0.3, 0.4) is 0 Å². The first-order chi connectivity index (χ1) is 12.1. The number of hydroxylamine groups is 4. The van der Waals surface area contributed by atoms with Gasteiger partial charge in [0, 0.05) is 38.1 Å². The Morgan fingerprint density at radius 3 is 1.42 bits per heavy atom. The van der Waals surface area contributed by atoms with Gasteiger partial charge in [-0.15, -0.1) is 0 Å². The molecule has 0 amide bonds. The summed E-state index contributed by atoms with van der Waals surface area (Å²) in [5.74, 6) is 1.48. The predicted molar refractivity (Wildman–Crippen MR) is 97.3 cm³/mol. The second-order valence-corrected chi connectivity index (χ2v) is 7.06. The van der Waals surface area contributed by atoms with E-state index in [9.17, 15) is 4.79 Å². The maximum Gasteiger partial charge on any atom is 0.512 e. The molecule has 0 N–H and O–H groups in total. The Morgan fingerprint density at radius 1 is 0.846 bits per heavy atom. The van der Waals surface area contributed by atoms with Gasteiger partial charge in [0.05, 0.1) is 0 Å². The molecule has 2 heterocycles. The molecule has 7 heteroatoms. The zero-order chi connectivity index (χ0) is 19.7. The fourth-order valence-electron chi connectivity index (χ4n) is 3.77. The van der Waals surface area contributed by atoms with E-state index in [0.29, 0.717) is 12.8 Å². The molecule has 0 aliphatic carbocycles. The standard InChI is InChI=1S/C19H32N2O5/c1-9-11-18(13(3)15(5)25-20(18)7)23-17(22)24-19(12-10-2)14(4)16(6)26-21(19)8/h9-12H2,1-8H3. The van der Waals surface area contributed by atoms with Crippen molar-refractivity contribution in [2.45, 2.75) is 78.7 Å². The third-order valence-electron chi connectivity index (χ3n) is 5.48. The molecule has 0 spiro atoms. The number of carbonyl (C=O) groups is 1. The number of carbonyl (C=O) groups excluding carboxylic acids is 1. The molecule has 0 fully saturated rings. The molecule has 2 unspecified atom stereocenters. The molecule has 0 saturated heterocycles. The lowest BCUT2D eigenvalue weighted by atomic mass is 9.98. The van der Waals surface area contributed by atoms with Gasteiger partial charge in [0.15, 0.2) is 0 Å². The first kappa shape index (κ1) is 20.6. The molecule has 0 aromatic heterocycles. The maximum atomic E-state index is 12.9. The van der Waals surface area contributed by atoms with Crippen molar-refractivity contribution in [1.29, 1.82) is 0 Å². The third kappa shape index (κ3) is 3.18. The van der Waals surface area contributed by atoms with Crippen molar-refractivity contribution in [2.75, 3.05) is 14.1 Å². The molecule has 0 bridgehead atoms. The van der Waals surface area contributed by atoms with Crippen molar-refractivity contribution in [3.05, 3.63) is 22.7 Å². The Balaban J connectivity index is 2.28. The van der Waals surface area contributed by atoms with Crippen LogP contribution in [0.4, 0.5) is 4.79 Å². The van der Waals surface area contributed by atoms with Crippen molar-refractivity contribution in [3.8, 4) is 0 Å². The van der Waals surface area contributed by atoms with E-state index in [2.05, 4.69) is 0 Å². The summed E-state index contributed by atoms with van der Waals surface area (Å²) in [6.07, 6.45) is 2.14. The smallest absolute Gasteiger partial charge is 0.407 e. The van der Waals surface area contributed by atoms with Gasteiger partial charge in [-0.2, -0.15) is 0 Å². The van der Waals surface area contributed by atoms with Gasteiger partial charge in [-0.05, 0) is 27.7 Å². The van der Waals surface area contributed by atoms with Crippen LogP contribution in [-0.4, -0.2) is 41.8 Å². The number of allylic oxidation sites excluding steroid dienone is 2. The normalized spacial score (nSPS) is 29.8. The summed E-state index contributed by atoms with van der Waals surface area (Å²) in [4.78, 5) is 24.2. The molecule has 2 atom stereocenters. The summed E-state index contributed by atoms with van der Waals surface area (Å²) >= 11 is 0. The zero-order valence-electron chi connectivity index (χ0n) is 17.3. The molecular formula is C19H32N2O5. The summed E-state index contributed by atoms with van der Waals surface area (Å²) in [6, 6.07) is 0. The van der Waals surface area contributed by atoms with Gasteiger partial charge in [-0.25, -0.2) is 4.79 Å². The van der Waals surface area contributed by atoms with Crippen molar-refractivity contribution in [2.24, 2.45) is 0 Å². The SMILES string of the molecule is CCCC1(OC(=O)OC2(CCC)C(C)=C(C)ON2C)C(C)=C(C)ON1C. The van der Waals surface area contributed by atoms with E-state index < -0.39 is 17.6 Å². The summed E-state index contributed by atoms with van der Waals surface area (Å²) in [5, 5.41) is 3.19. The van der Waals surface area contributed by atoms with Crippen molar-refractivity contribution in [3.63, 3.8) is 0 Å². The van der Waals surface area contributed by atoms with Crippen molar-refractivity contribution >= 4 is 6.16 Å². The summed E-state index contributed by atoms with van der Waals surface area (Å²) < 4.78 is 11.8. The van der Waals surface area contributed by atoms with Gasteiger partial charge in [0.1, 0.15) is 11.5 Å². The number of nitrogens with zero attached hydrogens (tertiary/aromatic N) is 2. The number of hydrogen-bond donors (Lipinski definition) is 0. The lowest BCUT2D eigenvalue weighted by Crippen LogP contribution is -2.51. The number of likely N-dealkylation sites (N-methyl/N-ethyl adjacent to an activating group) is 2. The van der Waals surface area contributed by atoms with Crippen LogP contribution in [0.1, 0.15) is 67.2 Å². The van der Waals surface area contributed by atoms with E-state index in [1.54, 1.807) is 24.2 Å². The minimum absolute atomic E-state index is 0.614. The van der Waals surface area contributed by atoms with Gasteiger partial charge in [0.25, 0.3) is 0 Å².